The van der Waals surface area contributed by atoms with Gasteiger partial charge in [0.15, 0.2) is 0 Å². The number of unbranched alkanes of at least 4 members (excludes halogenated alkanes) is 1. The van der Waals surface area contributed by atoms with Gasteiger partial charge in [-0.15, -0.1) is 0 Å². The standard InChI is InChI=1S/C34H56N2O/c1-25(2)9-8-10-26(3)30-13-14-31-29-12-11-27-23-28(37-22-7-6-20-36-21-19-35-24-36)15-17-33(27,4)32(29)16-18-34(30,31)5/h11,19,21,24-26,28-32H,6-10,12-18,20,22-23H2,1-5H3/t26?,28-,29?,30?,31?,32?,33-,34+/m0/s1. The normalized spacial score (nSPS) is 38.1. The second kappa shape index (κ2) is 11.6. The molecule has 0 N–H and O–H groups in total. The molecular formula is C34H56N2O. The molecule has 0 spiro atoms. The highest BCUT2D eigenvalue weighted by Crippen LogP contribution is 2.67. The van der Waals surface area contributed by atoms with Gasteiger partial charge in [0, 0.05) is 25.5 Å². The summed E-state index contributed by atoms with van der Waals surface area (Å²) < 4.78 is 8.61. The summed E-state index contributed by atoms with van der Waals surface area (Å²) in [7, 11) is 0. The maximum absolute atomic E-state index is 6.44. The SMILES string of the molecule is CC(C)CCCC(C)C1CCC2C3CC=C4C[C@@H](OCCCCn5ccnc5)CC[C@]4(C)C3CC[C@]12C. The molecule has 208 valence electrons. The average Bonchev–Trinajstić information content (AvgIpc) is 3.51. The number of nitrogens with zero attached hydrogens (tertiary/aromatic N) is 2. The molecule has 1 aromatic rings. The van der Waals surface area contributed by atoms with E-state index in [1.165, 1.54) is 77.0 Å². The fourth-order valence-electron chi connectivity index (χ4n) is 9.86. The fraction of sp³-hybridized carbons (Fsp3) is 0.853. The van der Waals surface area contributed by atoms with Crippen LogP contribution >= 0.6 is 0 Å². The van der Waals surface area contributed by atoms with Crippen molar-refractivity contribution in [3.8, 4) is 0 Å². The van der Waals surface area contributed by atoms with Crippen LogP contribution in [0, 0.1) is 46.3 Å². The first-order valence-corrected chi connectivity index (χ1v) is 16.1. The molecule has 37 heavy (non-hydrogen) atoms. The summed E-state index contributed by atoms with van der Waals surface area (Å²) in [6.07, 6.45) is 26.7. The van der Waals surface area contributed by atoms with E-state index < -0.39 is 0 Å². The average molecular weight is 509 g/mol. The summed E-state index contributed by atoms with van der Waals surface area (Å²) in [4.78, 5) is 4.14. The van der Waals surface area contributed by atoms with Crippen molar-refractivity contribution in [3.63, 3.8) is 0 Å². The highest BCUT2D eigenvalue weighted by atomic mass is 16.5. The van der Waals surface area contributed by atoms with Crippen LogP contribution in [0.1, 0.15) is 118 Å². The van der Waals surface area contributed by atoms with E-state index in [2.05, 4.69) is 56.4 Å². The van der Waals surface area contributed by atoms with Crippen LogP contribution in [0.4, 0.5) is 0 Å². The minimum atomic E-state index is 0.437. The van der Waals surface area contributed by atoms with E-state index in [0.717, 1.165) is 55.1 Å². The van der Waals surface area contributed by atoms with Crippen molar-refractivity contribution in [2.45, 2.75) is 131 Å². The number of aryl methyl sites for hydroxylation is 1. The first-order valence-electron chi connectivity index (χ1n) is 16.1. The molecular weight excluding hydrogens is 452 g/mol. The van der Waals surface area contributed by atoms with Gasteiger partial charge in [-0.3, -0.25) is 0 Å². The summed E-state index contributed by atoms with van der Waals surface area (Å²) in [5.74, 6) is 5.53. The number of allylic oxidation sites excluding steroid dienone is 1. The third kappa shape index (κ3) is 5.64. The lowest BCUT2D eigenvalue weighted by atomic mass is 9.47. The van der Waals surface area contributed by atoms with Crippen molar-refractivity contribution in [1.29, 1.82) is 0 Å². The molecule has 3 nitrogen and oxygen atoms in total. The number of hydrogen-bond donors (Lipinski definition) is 0. The molecule has 0 aromatic carbocycles. The van der Waals surface area contributed by atoms with Crippen LogP contribution in [0.15, 0.2) is 30.4 Å². The zero-order chi connectivity index (χ0) is 26.0. The molecule has 3 fully saturated rings. The zero-order valence-electron chi connectivity index (χ0n) is 24.8. The van der Waals surface area contributed by atoms with Gasteiger partial charge in [0.2, 0.25) is 0 Å². The van der Waals surface area contributed by atoms with Crippen LogP contribution in [0.3, 0.4) is 0 Å². The van der Waals surface area contributed by atoms with Crippen molar-refractivity contribution in [2.75, 3.05) is 6.61 Å². The predicted octanol–water partition coefficient (Wildman–Crippen LogP) is 9.09. The number of rotatable bonds is 11. The third-order valence-electron chi connectivity index (χ3n) is 12.0. The van der Waals surface area contributed by atoms with Gasteiger partial charge in [-0.05, 0) is 111 Å². The maximum atomic E-state index is 6.44. The summed E-state index contributed by atoms with van der Waals surface area (Å²) in [5, 5.41) is 0. The van der Waals surface area contributed by atoms with Crippen molar-refractivity contribution in [2.24, 2.45) is 46.3 Å². The van der Waals surface area contributed by atoms with Crippen LogP contribution in [0.25, 0.3) is 0 Å². The van der Waals surface area contributed by atoms with E-state index >= 15 is 0 Å². The van der Waals surface area contributed by atoms with Gasteiger partial charge in [-0.25, -0.2) is 4.98 Å². The van der Waals surface area contributed by atoms with Gasteiger partial charge in [0.1, 0.15) is 0 Å². The molecule has 4 aliphatic carbocycles. The monoisotopic (exact) mass is 508 g/mol. The summed E-state index contributed by atoms with van der Waals surface area (Å²) in [5.41, 5.74) is 2.80. The molecule has 5 rings (SSSR count). The molecule has 0 amide bonds. The minimum Gasteiger partial charge on any atom is -0.378 e. The zero-order valence-corrected chi connectivity index (χ0v) is 24.8. The van der Waals surface area contributed by atoms with E-state index in [0.29, 0.717) is 16.9 Å². The molecule has 0 radical (unpaired) electrons. The van der Waals surface area contributed by atoms with Gasteiger partial charge in [-0.1, -0.05) is 65.5 Å². The Morgan fingerprint density at radius 2 is 1.86 bits per heavy atom. The molecule has 0 bridgehead atoms. The topological polar surface area (TPSA) is 27.1 Å². The van der Waals surface area contributed by atoms with Crippen molar-refractivity contribution >= 4 is 0 Å². The number of imidazole rings is 1. The number of hydrogen-bond acceptors (Lipinski definition) is 2. The van der Waals surface area contributed by atoms with Crippen molar-refractivity contribution < 1.29 is 4.74 Å². The molecule has 3 saturated carbocycles. The minimum absolute atomic E-state index is 0.437. The second-order valence-corrected chi connectivity index (χ2v) is 14.5. The number of fused-ring (bicyclic) bond motifs is 5. The van der Waals surface area contributed by atoms with Gasteiger partial charge < -0.3 is 9.30 Å². The lowest BCUT2D eigenvalue weighted by Gasteiger charge is -2.58. The van der Waals surface area contributed by atoms with Gasteiger partial charge in [-0.2, -0.15) is 0 Å². The highest BCUT2D eigenvalue weighted by molar-refractivity contribution is 5.25. The Hall–Kier alpha value is -1.09. The van der Waals surface area contributed by atoms with Gasteiger partial charge in [0.25, 0.3) is 0 Å². The molecule has 5 unspecified atom stereocenters. The first-order chi connectivity index (χ1) is 17.8. The van der Waals surface area contributed by atoms with Gasteiger partial charge >= 0.3 is 0 Å². The van der Waals surface area contributed by atoms with E-state index in [1.54, 1.807) is 5.57 Å². The largest absolute Gasteiger partial charge is 0.378 e. The molecule has 3 heteroatoms. The van der Waals surface area contributed by atoms with Crippen LogP contribution in [-0.2, 0) is 11.3 Å². The third-order valence-corrected chi connectivity index (χ3v) is 12.0. The molecule has 1 aromatic heterocycles. The Bertz CT molecular complexity index is 890. The Balaban J connectivity index is 1.15. The molecule has 8 atom stereocenters. The van der Waals surface area contributed by atoms with Crippen LogP contribution in [0.2, 0.25) is 0 Å². The Kier molecular flexibility index (Phi) is 8.59. The number of aromatic nitrogens is 2. The van der Waals surface area contributed by atoms with Crippen LogP contribution < -0.4 is 0 Å². The first kappa shape index (κ1) is 27.5. The quantitative estimate of drug-likeness (QED) is 0.220. The highest BCUT2D eigenvalue weighted by Gasteiger charge is 2.59. The van der Waals surface area contributed by atoms with Crippen LogP contribution in [0.5, 0.6) is 0 Å². The Morgan fingerprint density at radius 3 is 2.65 bits per heavy atom. The number of ether oxygens (including phenoxy) is 1. The second-order valence-electron chi connectivity index (χ2n) is 14.5. The lowest BCUT2D eigenvalue weighted by molar-refractivity contribution is -0.0641. The smallest absolute Gasteiger partial charge is 0.0945 e. The molecule has 1 heterocycles. The van der Waals surface area contributed by atoms with E-state index in [9.17, 15) is 0 Å². The lowest BCUT2D eigenvalue weighted by Crippen LogP contribution is -2.51. The van der Waals surface area contributed by atoms with E-state index in [4.69, 9.17) is 4.74 Å². The summed E-state index contributed by atoms with van der Waals surface area (Å²) >= 11 is 0. The molecule has 4 aliphatic rings. The van der Waals surface area contributed by atoms with E-state index in [-0.39, 0.29) is 0 Å². The Morgan fingerprint density at radius 1 is 1.00 bits per heavy atom. The van der Waals surface area contributed by atoms with E-state index in [1.807, 2.05) is 12.5 Å². The summed E-state index contributed by atoms with van der Waals surface area (Å²) in [6, 6.07) is 0. The van der Waals surface area contributed by atoms with Gasteiger partial charge in [0.05, 0.1) is 12.4 Å². The fourth-order valence-corrected chi connectivity index (χ4v) is 9.86. The van der Waals surface area contributed by atoms with Crippen molar-refractivity contribution in [3.05, 3.63) is 30.4 Å². The molecule has 0 aliphatic heterocycles. The summed E-state index contributed by atoms with van der Waals surface area (Å²) in [6.45, 7) is 14.7. The predicted molar refractivity (Wildman–Crippen MR) is 154 cm³/mol. The Labute approximate surface area is 228 Å². The van der Waals surface area contributed by atoms with Crippen molar-refractivity contribution in [1.82, 2.24) is 9.55 Å². The van der Waals surface area contributed by atoms with Crippen LogP contribution in [-0.4, -0.2) is 22.3 Å². The molecule has 0 saturated heterocycles. The maximum Gasteiger partial charge on any atom is 0.0945 e.